The minimum Gasteiger partial charge on any atom is -0.465 e. The fourth-order valence-electron chi connectivity index (χ4n) is 1.21. The fourth-order valence-corrected chi connectivity index (χ4v) is 2.30. The first-order valence-corrected chi connectivity index (χ1v) is 6.73. The standard InChI is InChI=1S/C10H11BrO3S/c1-14-10(12)9-4-3-8(11)5-7(9)6-15(2)13/h3-5H,6H2,1-2H3. The molecule has 0 bridgehead atoms. The second-order valence-corrected chi connectivity index (χ2v) is 5.36. The zero-order chi connectivity index (χ0) is 11.4. The van der Waals surface area contributed by atoms with Gasteiger partial charge in [-0.15, -0.1) is 0 Å². The number of carbonyl (C=O) groups excluding carboxylic acids is 1. The van der Waals surface area contributed by atoms with Crippen molar-refractivity contribution in [1.29, 1.82) is 0 Å². The van der Waals surface area contributed by atoms with Crippen LogP contribution in [0.4, 0.5) is 0 Å². The minimum atomic E-state index is -0.982. The van der Waals surface area contributed by atoms with Crippen LogP contribution < -0.4 is 0 Å². The van der Waals surface area contributed by atoms with Crippen LogP contribution in [0, 0.1) is 0 Å². The molecule has 0 saturated heterocycles. The SMILES string of the molecule is COC(=O)c1ccc(Br)cc1CS(C)=O. The second-order valence-electron chi connectivity index (χ2n) is 3.01. The smallest absolute Gasteiger partial charge is 0.338 e. The van der Waals surface area contributed by atoms with Crippen molar-refractivity contribution >= 4 is 32.7 Å². The molecule has 0 spiro atoms. The quantitative estimate of drug-likeness (QED) is 0.801. The van der Waals surface area contributed by atoms with E-state index in [2.05, 4.69) is 20.7 Å². The Kier molecular flexibility index (Phi) is 4.47. The summed E-state index contributed by atoms with van der Waals surface area (Å²) in [7, 11) is 0.348. The first-order valence-electron chi connectivity index (χ1n) is 4.21. The predicted molar refractivity (Wildman–Crippen MR) is 63.3 cm³/mol. The summed E-state index contributed by atoms with van der Waals surface area (Å²) in [6, 6.07) is 5.21. The zero-order valence-electron chi connectivity index (χ0n) is 8.45. The summed E-state index contributed by atoms with van der Waals surface area (Å²) in [6.45, 7) is 0. The van der Waals surface area contributed by atoms with Crippen LogP contribution in [0.25, 0.3) is 0 Å². The molecular weight excluding hydrogens is 280 g/mol. The maximum Gasteiger partial charge on any atom is 0.338 e. The molecule has 0 aliphatic carbocycles. The highest BCUT2D eigenvalue weighted by atomic mass is 79.9. The fraction of sp³-hybridized carbons (Fsp3) is 0.300. The van der Waals surface area contributed by atoms with E-state index in [1.54, 1.807) is 24.5 Å². The minimum absolute atomic E-state index is 0.351. The summed E-state index contributed by atoms with van der Waals surface area (Å²) in [6.07, 6.45) is 1.60. The van der Waals surface area contributed by atoms with E-state index in [0.29, 0.717) is 11.3 Å². The molecule has 82 valence electrons. The van der Waals surface area contributed by atoms with E-state index in [1.807, 2.05) is 0 Å². The topological polar surface area (TPSA) is 43.4 Å². The lowest BCUT2D eigenvalue weighted by atomic mass is 10.1. The first-order chi connectivity index (χ1) is 7.04. The highest BCUT2D eigenvalue weighted by Gasteiger charge is 2.12. The lowest BCUT2D eigenvalue weighted by molar-refractivity contribution is 0.0600. The Morgan fingerprint density at radius 2 is 2.20 bits per heavy atom. The van der Waals surface area contributed by atoms with Gasteiger partial charge in [0.25, 0.3) is 0 Å². The van der Waals surface area contributed by atoms with Crippen LogP contribution in [0.5, 0.6) is 0 Å². The second kappa shape index (κ2) is 5.42. The third-order valence-electron chi connectivity index (χ3n) is 1.83. The van der Waals surface area contributed by atoms with Gasteiger partial charge in [-0.2, -0.15) is 0 Å². The summed E-state index contributed by atoms with van der Waals surface area (Å²) in [5.41, 5.74) is 1.20. The van der Waals surface area contributed by atoms with E-state index in [9.17, 15) is 9.00 Å². The van der Waals surface area contributed by atoms with Gasteiger partial charge in [-0.25, -0.2) is 4.79 Å². The van der Waals surface area contributed by atoms with Crippen LogP contribution in [0.15, 0.2) is 22.7 Å². The van der Waals surface area contributed by atoms with Crippen molar-refractivity contribution in [1.82, 2.24) is 0 Å². The molecule has 0 radical (unpaired) electrons. The number of methoxy groups -OCH3 is 1. The van der Waals surface area contributed by atoms with Crippen LogP contribution in [0.1, 0.15) is 15.9 Å². The lowest BCUT2D eigenvalue weighted by Crippen LogP contribution is -2.07. The van der Waals surface area contributed by atoms with E-state index in [4.69, 9.17) is 0 Å². The Morgan fingerprint density at radius 1 is 1.53 bits per heavy atom. The monoisotopic (exact) mass is 290 g/mol. The molecule has 1 aromatic rings. The van der Waals surface area contributed by atoms with Crippen LogP contribution in [-0.2, 0) is 21.3 Å². The van der Waals surface area contributed by atoms with Gasteiger partial charge < -0.3 is 4.74 Å². The summed E-state index contributed by atoms with van der Waals surface area (Å²) >= 11 is 3.31. The van der Waals surface area contributed by atoms with Gasteiger partial charge in [0.05, 0.1) is 12.7 Å². The van der Waals surface area contributed by atoms with Crippen molar-refractivity contribution in [3.05, 3.63) is 33.8 Å². The van der Waals surface area contributed by atoms with Crippen molar-refractivity contribution in [3.63, 3.8) is 0 Å². The molecule has 0 aliphatic rings. The van der Waals surface area contributed by atoms with Gasteiger partial charge >= 0.3 is 5.97 Å². The van der Waals surface area contributed by atoms with E-state index in [0.717, 1.165) is 10.0 Å². The number of carbonyl (C=O) groups is 1. The molecule has 1 aromatic carbocycles. The van der Waals surface area contributed by atoms with Gasteiger partial charge in [-0.05, 0) is 23.8 Å². The van der Waals surface area contributed by atoms with Crippen LogP contribution >= 0.6 is 15.9 Å². The number of hydrogen-bond donors (Lipinski definition) is 0. The Bertz CT molecular complexity index is 404. The van der Waals surface area contributed by atoms with Gasteiger partial charge in [0.1, 0.15) is 0 Å². The summed E-state index contributed by atoms with van der Waals surface area (Å²) in [4.78, 5) is 11.4. The molecule has 3 nitrogen and oxygen atoms in total. The third kappa shape index (κ3) is 3.43. The first kappa shape index (κ1) is 12.4. The average Bonchev–Trinajstić information content (AvgIpc) is 2.16. The van der Waals surface area contributed by atoms with Crippen LogP contribution in [-0.4, -0.2) is 23.5 Å². The van der Waals surface area contributed by atoms with Gasteiger partial charge in [0, 0.05) is 27.3 Å². The van der Waals surface area contributed by atoms with E-state index >= 15 is 0 Å². The molecule has 5 heteroatoms. The third-order valence-corrected chi connectivity index (χ3v) is 3.04. The van der Waals surface area contributed by atoms with Gasteiger partial charge in [-0.1, -0.05) is 15.9 Å². The highest BCUT2D eigenvalue weighted by Crippen LogP contribution is 2.18. The molecule has 1 rings (SSSR count). The van der Waals surface area contributed by atoms with Gasteiger partial charge in [0.2, 0.25) is 0 Å². The molecule has 0 amide bonds. The molecule has 0 heterocycles. The Hall–Kier alpha value is -0.680. The highest BCUT2D eigenvalue weighted by molar-refractivity contribution is 9.10. The molecule has 0 fully saturated rings. The van der Waals surface area contributed by atoms with Crippen molar-refractivity contribution in [3.8, 4) is 0 Å². The van der Waals surface area contributed by atoms with E-state index in [1.165, 1.54) is 7.11 Å². The number of esters is 1. The maximum absolute atomic E-state index is 11.4. The van der Waals surface area contributed by atoms with Crippen molar-refractivity contribution < 1.29 is 13.7 Å². The van der Waals surface area contributed by atoms with E-state index < -0.39 is 16.8 Å². The predicted octanol–water partition coefficient (Wildman–Crippen LogP) is 2.11. The number of benzene rings is 1. The molecule has 0 saturated carbocycles. The molecule has 0 aromatic heterocycles. The number of rotatable bonds is 3. The van der Waals surface area contributed by atoms with Crippen LogP contribution in [0.3, 0.4) is 0 Å². The number of ether oxygens (including phenoxy) is 1. The molecular formula is C10H11BrO3S. The normalized spacial score (nSPS) is 12.2. The zero-order valence-corrected chi connectivity index (χ0v) is 10.9. The molecule has 15 heavy (non-hydrogen) atoms. The molecule has 0 aliphatic heterocycles. The number of hydrogen-bond acceptors (Lipinski definition) is 3. The average molecular weight is 291 g/mol. The van der Waals surface area contributed by atoms with Gasteiger partial charge in [-0.3, -0.25) is 4.21 Å². The lowest BCUT2D eigenvalue weighted by Gasteiger charge is -2.06. The summed E-state index contributed by atoms with van der Waals surface area (Å²) < 4.78 is 16.6. The molecule has 1 unspecified atom stereocenters. The van der Waals surface area contributed by atoms with Crippen molar-refractivity contribution in [2.45, 2.75) is 5.75 Å². The molecule has 0 N–H and O–H groups in total. The Morgan fingerprint density at radius 3 is 2.73 bits per heavy atom. The number of halogens is 1. The van der Waals surface area contributed by atoms with Gasteiger partial charge in [0.15, 0.2) is 0 Å². The largest absolute Gasteiger partial charge is 0.465 e. The molecule has 1 atom stereocenters. The van der Waals surface area contributed by atoms with Crippen LogP contribution in [0.2, 0.25) is 0 Å². The Labute approximate surface area is 99.4 Å². The van der Waals surface area contributed by atoms with E-state index in [-0.39, 0.29) is 0 Å². The van der Waals surface area contributed by atoms with Crippen molar-refractivity contribution in [2.75, 3.05) is 13.4 Å². The Balaban J connectivity index is 3.13. The van der Waals surface area contributed by atoms with Crippen molar-refractivity contribution in [2.24, 2.45) is 0 Å². The maximum atomic E-state index is 11.4. The summed E-state index contributed by atoms with van der Waals surface area (Å²) in [5.74, 6) is -0.0490. The summed E-state index contributed by atoms with van der Waals surface area (Å²) in [5, 5.41) is 0.